The van der Waals surface area contributed by atoms with Crippen molar-refractivity contribution in [2.45, 2.75) is 6.61 Å². The Balaban J connectivity index is 1.67. The third-order valence-corrected chi connectivity index (χ3v) is 3.54. The summed E-state index contributed by atoms with van der Waals surface area (Å²) in [4.78, 5) is 11.0. The van der Waals surface area contributed by atoms with Crippen LogP contribution in [-0.2, 0) is 6.61 Å². The van der Waals surface area contributed by atoms with E-state index in [0.717, 1.165) is 22.4 Å². The van der Waals surface area contributed by atoms with Crippen LogP contribution >= 0.6 is 0 Å². The molecule has 0 aliphatic carbocycles. The average molecular weight is 304 g/mol. The fourth-order valence-electron chi connectivity index (χ4n) is 2.34. The third kappa shape index (κ3) is 3.77. The van der Waals surface area contributed by atoms with Crippen LogP contribution in [0.1, 0.15) is 15.9 Å². The lowest BCUT2D eigenvalue weighted by atomic mass is 10.1. The Bertz CT molecular complexity index is 793. The van der Waals surface area contributed by atoms with E-state index in [1.807, 2.05) is 48.5 Å². The summed E-state index contributed by atoms with van der Waals surface area (Å²) in [7, 11) is 0. The second-order valence-electron chi connectivity index (χ2n) is 5.18. The number of carboxylic acid groups (broad SMARTS) is 1. The van der Waals surface area contributed by atoms with Gasteiger partial charge in [0, 0.05) is 0 Å². The van der Waals surface area contributed by atoms with E-state index in [1.54, 1.807) is 18.2 Å². The molecule has 0 bridgehead atoms. The van der Waals surface area contributed by atoms with Gasteiger partial charge in [0.05, 0.1) is 5.56 Å². The molecule has 0 radical (unpaired) electrons. The van der Waals surface area contributed by atoms with Crippen molar-refractivity contribution in [3.05, 3.63) is 90.0 Å². The molecule has 0 fully saturated rings. The molecular weight excluding hydrogens is 288 g/mol. The Morgan fingerprint density at radius 2 is 1.52 bits per heavy atom. The van der Waals surface area contributed by atoms with Gasteiger partial charge in [0.2, 0.25) is 0 Å². The molecule has 0 aliphatic rings. The summed E-state index contributed by atoms with van der Waals surface area (Å²) in [6, 6.07) is 24.8. The Labute approximate surface area is 134 Å². The van der Waals surface area contributed by atoms with E-state index in [4.69, 9.17) is 9.84 Å². The van der Waals surface area contributed by atoms with Gasteiger partial charge in [-0.1, -0.05) is 54.6 Å². The molecule has 0 amide bonds. The first-order chi connectivity index (χ1) is 11.2. The number of carbonyl (C=O) groups is 1. The molecule has 23 heavy (non-hydrogen) atoms. The van der Waals surface area contributed by atoms with Crippen molar-refractivity contribution in [3.63, 3.8) is 0 Å². The van der Waals surface area contributed by atoms with Gasteiger partial charge in [0.1, 0.15) is 12.4 Å². The van der Waals surface area contributed by atoms with Crippen molar-refractivity contribution in [1.82, 2.24) is 0 Å². The molecule has 0 heterocycles. The normalized spacial score (nSPS) is 10.3. The summed E-state index contributed by atoms with van der Waals surface area (Å²) in [5.74, 6) is -0.176. The minimum Gasteiger partial charge on any atom is -0.489 e. The molecule has 0 aromatic heterocycles. The SMILES string of the molecule is O=C(O)c1cccc(COc2ccc(-c3ccccc3)cc2)c1. The van der Waals surface area contributed by atoms with E-state index in [0.29, 0.717) is 6.61 Å². The second kappa shape index (κ2) is 6.79. The molecular formula is C20H16O3. The first-order valence-electron chi connectivity index (χ1n) is 7.33. The molecule has 3 heteroatoms. The average Bonchev–Trinajstić information content (AvgIpc) is 2.61. The molecule has 0 saturated heterocycles. The van der Waals surface area contributed by atoms with Gasteiger partial charge in [-0.25, -0.2) is 4.79 Å². The monoisotopic (exact) mass is 304 g/mol. The lowest BCUT2D eigenvalue weighted by molar-refractivity contribution is 0.0696. The fraction of sp³-hybridized carbons (Fsp3) is 0.0500. The first kappa shape index (κ1) is 14.9. The summed E-state index contributed by atoms with van der Waals surface area (Å²) in [5.41, 5.74) is 3.39. The highest BCUT2D eigenvalue weighted by Gasteiger charge is 2.04. The maximum absolute atomic E-state index is 11.0. The smallest absolute Gasteiger partial charge is 0.335 e. The van der Waals surface area contributed by atoms with Crippen molar-refractivity contribution >= 4 is 5.97 Å². The Morgan fingerprint density at radius 1 is 0.826 bits per heavy atom. The van der Waals surface area contributed by atoms with Gasteiger partial charge in [0.25, 0.3) is 0 Å². The van der Waals surface area contributed by atoms with Crippen LogP contribution in [0.5, 0.6) is 5.75 Å². The molecule has 3 aromatic rings. The number of hydrogen-bond acceptors (Lipinski definition) is 2. The van der Waals surface area contributed by atoms with Gasteiger partial charge < -0.3 is 9.84 Å². The zero-order valence-electron chi connectivity index (χ0n) is 12.5. The van der Waals surface area contributed by atoms with Crippen molar-refractivity contribution in [2.75, 3.05) is 0 Å². The highest BCUT2D eigenvalue weighted by Crippen LogP contribution is 2.22. The van der Waals surface area contributed by atoms with Gasteiger partial charge >= 0.3 is 5.97 Å². The molecule has 114 valence electrons. The maximum Gasteiger partial charge on any atom is 0.335 e. The van der Waals surface area contributed by atoms with Crippen LogP contribution in [0.25, 0.3) is 11.1 Å². The predicted molar refractivity (Wildman–Crippen MR) is 89.6 cm³/mol. The number of ether oxygens (including phenoxy) is 1. The Morgan fingerprint density at radius 3 is 2.22 bits per heavy atom. The molecule has 0 spiro atoms. The Hall–Kier alpha value is -3.07. The van der Waals surface area contributed by atoms with Gasteiger partial charge in [-0.2, -0.15) is 0 Å². The van der Waals surface area contributed by atoms with Crippen LogP contribution in [0.3, 0.4) is 0 Å². The minimum atomic E-state index is -0.931. The molecule has 3 nitrogen and oxygen atoms in total. The van der Waals surface area contributed by atoms with Crippen LogP contribution in [-0.4, -0.2) is 11.1 Å². The maximum atomic E-state index is 11.0. The van der Waals surface area contributed by atoms with Crippen molar-refractivity contribution in [2.24, 2.45) is 0 Å². The van der Waals surface area contributed by atoms with Gasteiger partial charge in [-0.05, 0) is 41.0 Å². The molecule has 0 unspecified atom stereocenters. The second-order valence-corrected chi connectivity index (χ2v) is 5.18. The number of hydrogen-bond donors (Lipinski definition) is 1. The summed E-state index contributed by atoms with van der Waals surface area (Å²) in [6.07, 6.45) is 0. The van der Waals surface area contributed by atoms with E-state index in [9.17, 15) is 4.79 Å². The van der Waals surface area contributed by atoms with E-state index >= 15 is 0 Å². The third-order valence-electron chi connectivity index (χ3n) is 3.54. The molecule has 1 N–H and O–H groups in total. The summed E-state index contributed by atoms with van der Waals surface area (Å²) in [5, 5.41) is 8.99. The van der Waals surface area contributed by atoms with Crippen LogP contribution in [0, 0.1) is 0 Å². The zero-order valence-corrected chi connectivity index (χ0v) is 12.5. The van der Waals surface area contributed by atoms with Crippen LogP contribution in [0.4, 0.5) is 0 Å². The summed E-state index contributed by atoms with van der Waals surface area (Å²) < 4.78 is 5.72. The highest BCUT2D eigenvalue weighted by molar-refractivity contribution is 5.87. The highest BCUT2D eigenvalue weighted by atomic mass is 16.5. The fourth-order valence-corrected chi connectivity index (χ4v) is 2.34. The van der Waals surface area contributed by atoms with Crippen molar-refractivity contribution in [1.29, 1.82) is 0 Å². The lowest BCUT2D eigenvalue weighted by Gasteiger charge is -2.08. The minimum absolute atomic E-state index is 0.269. The first-order valence-corrected chi connectivity index (χ1v) is 7.33. The standard InChI is InChI=1S/C20H16O3/c21-20(22)18-8-4-5-15(13-18)14-23-19-11-9-17(10-12-19)16-6-2-1-3-7-16/h1-13H,14H2,(H,21,22). The Kier molecular flexibility index (Phi) is 4.39. The lowest BCUT2D eigenvalue weighted by Crippen LogP contribution is -2.00. The molecule has 0 saturated carbocycles. The molecule has 3 rings (SSSR count). The van der Waals surface area contributed by atoms with Gasteiger partial charge in [-0.15, -0.1) is 0 Å². The zero-order chi connectivity index (χ0) is 16.1. The van der Waals surface area contributed by atoms with Crippen molar-refractivity contribution < 1.29 is 14.6 Å². The number of carboxylic acids is 1. The van der Waals surface area contributed by atoms with Gasteiger partial charge in [0.15, 0.2) is 0 Å². The van der Waals surface area contributed by atoms with Crippen LogP contribution in [0.15, 0.2) is 78.9 Å². The van der Waals surface area contributed by atoms with E-state index in [2.05, 4.69) is 12.1 Å². The van der Waals surface area contributed by atoms with E-state index < -0.39 is 5.97 Å². The largest absolute Gasteiger partial charge is 0.489 e. The predicted octanol–water partition coefficient (Wildman–Crippen LogP) is 4.63. The number of rotatable bonds is 5. The number of benzene rings is 3. The topological polar surface area (TPSA) is 46.5 Å². The summed E-state index contributed by atoms with van der Waals surface area (Å²) >= 11 is 0. The van der Waals surface area contributed by atoms with E-state index in [-0.39, 0.29) is 5.56 Å². The van der Waals surface area contributed by atoms with Crippen molar-refractivity contribution in [3.8, 4) is 16.9 Å². The molecule has 0 atom stereocenters. The molecule has 3 aromatic carbocycles. The molecule has 0 aliphatic heterocycles. The quantitative estimate of drug-likeness (QED) is 0.747. The van der Waals surface area contributed by atoms with Gasteiger partial charge in [-0.3, -0.25) is 0 Å². The summed E-state index contributed by atoms with van der Waals surface area (Å²) in [6.45, 7) is 0.339. The van der Waals surface area contributed by atoms with Crippen LogP contribution in [0.2, 0.25) is 0 Å². The number of aromatic carboxylic acids is 1. The van der Waals surface area contributed by atoms with Crippen LogP contribution < -0.4 is 4.74 Å². The van der Waals surface area contributed by atoms with E-state index in [1.165, 1.54) is 0 Å².